The van der Waals surface area contributed by atoms with Crippen molar-refractivity contribution >= 4 is 17.4 Å². The number of nitrogens with zero attached hydrogens (tertiary/aromatic N) is 3. The van der Waals surface area contributed by atoms with Crippen molar-refractivity contribution in [2.45, 2.75) is 0 Å². The lowest BCUT2D eigenvalue weighted by Crippen LogP contribution is -2.37. The predicted molar refractivity (Wildman–Crippen MR) is 115 cm³/mol. The summed E-state index contributed by atoms with van der Waals surface area (Å²) in [6.45, 7) is 0. The largest absolute Gasteiger partial charge is 0.422 e. The van der Waals surface area contributed by atoms with E-state index in [0.29, 0.717) is 22.2 Å². The number of hydrogen-bond acceptors (Lipinski definition) is 4. The Balaban J connectivity index is 1.92. The summed E-state index contributed by atoms with van der Waals surface area (Å²) < 4.78 is 8.23. The summed E-state index contributed by atoms with van der Waals surface area (Å²) in [7, 11) is 0. The van der Waals surface area contributed by atoms with E-state index < -0.39 is 11.4 Å². The molecule has 2 aromatic heterocycles. The van der Waals surface area contributed by atoms with Gasteiger partial charge in [-0.25, -0.2) is 18.6 Å². The van der Waals surface area contributed by atoms with E-state index in [0.717, 1.165) is 15.7 Å². The van der Waals surface area contributed by atoms with E-state index in [1.165, 1.54) is 4.40 Å². The summed E-state index contributed by atoms with van der Waals surface area (Å²) in [4.78, 5) is 30.2. The van der Waals surface area contributed by atoms with Crippen molar-refractivity contribution in [2.24, 2.45) is 0 Å². The molecule has 146 valence electrons. The summed E-state index contributed by atoms with van der Waals surface area (Å²) in [5.41, 5.74) is 1.05. The van der Waals surface area contributed by atoms with Gasteiger partial charge in [-0.2, -0.15) is 0 Å². The molecular formula is C23H14ClN3O3. The van der Waals surface area contributed by atoms with Crippen LogP contribution in [0.4, 0.5) is 0 Å². The second kappa shape index (κ2) is 7.17. The van der Waals surface area contributed by atoms with E-state index >= 15 is 0 Å². The molecule has 5 rings (SSSR count). The Bertz CT molecular complexity index is 1490. The molecule has 30 heavy (non-hydrogen) atoms. The Morgan fingerprint density at radius 2 is 1.47 bits per heavy atom. The standard InChI is InChI=1S/C23H14ClN3O3/c24-17-12-7-13-18(14-17)26-21(28)25-22-27(23(26)29)19(15-8-3-1-4-9-15)20(30-22)16-10-5-2-6-11-16/h1-14H. The molecule has 0 radical (unpaired) electrons. The van der Waals surface area contributed by atoms with E-state index in [4.69, 9.17) is 16.0 Å². The van der Waals surface area contributed by atoms with Gasteiger partial charge >= 0.3 is 17.2 Å². The molecule has 0 saturated carbocycles. The summed E-state index contributed by atoms with van der Waals surface area (Å²) >= 11 is 6.07. The smallest absolute Gasteiger partial charge is 0.360 e. The second-order valence-electron chi connectivity index (χ2n) is 6.62. The highest BCUT2D eigenvalue weighted by molar-refractivity contribution is 6.30. The summed E-state index contributed by atoms with van der Waals surface area (Å²) in [5.74, 6) is 0.385. The summed E-state index contributed by atoms with van der Waals surface area (Å²) in [5, 5.41) is 0.407. The highest BCUT2D eigenvalue weighted by Crippen LogP contribution is 2.33. The maximum absolute atomic E-state index is 13.5. The van der Waals surface area contributed by atoms with Crippen LogP contribution in [-0.4, -0.2) is 14.0 Å². The number of fused-ring (bicyclic) bond motifs is 1. The topological polar surface area (TPSA) is 69.5 Å². The average Bonchev–Trinajstić information content (AvgIpc) is 3.15. The zero-order valence-corrected chi connectivity index (χ0v) is 16.3. The minimum atomic E-state index is -0.741. The number of rotatable bonds is 3. The third-order valence-corrected chi connectivity index (χ3v) is 4.97. The van der Waals surface area contributed by atoms with Crippen LogP contribution in [0.5, 0.6) is 0 Å². The zero-order valence-electron chi connectivity index (χ0n) is 15.5. The minimum Gasteiger partial charge on any atom is -0.422 e. The molecule has 2 heterocycles. The van der Waals surface area contributed by atoms with Crippen molar-refractivity contribution < 1.29 is 4.42 Å². The monoisotopic (exact) mass is 415 g/mol. The molecule has 0 saturated heterocycles. The van der Waals surface area contributed by atoms with Crippen LogP contribution in [0.3, 0.4) is 0 Å². The lowest BCUT2D eigenvalue weighted by atomic mass is 10.1. The fraction of sp³-hybridized carbons (Fsp3) is 0. The molecule has 0 fully saturated rings. The number of benzene rings is 3. The fourth-order valence-electron chi connectivity index (χ4n) is 3.42. The molecular weight excluding hydrogens is 402 g/mol. The van der Waals surface area contributed by atoms with Crippen LogP contribution in [-0.2, 0) is 0 Å². The van der Waals surface area contributed by atoms with Crippen molar-refractivity contribution in [1.82, 2.24) is 14.0 Å². The molecule has 0 aliphatic carbocycles. The maximum Gasteiger partial charge on any atom is 0.360 e. The third-order valence-electron chi connectivity index (χ3n) is 4.74. The van der Waals surface area contributed by atoms with Gasteiger partial charge in [-0.05, 0) is 18.2 Å². The van der Waals surface area contributed by atoms with Gasteiger partial charge in [0, 0.05) is 16.1 Å². The van der Waals surface area contributed by atoms with Gasteiger partial charge in [0.05, 0.1) is 5.69 Å². The van der Waals surface area contributed by atoms with Crippen molar-refractivity contribution in [3.05, 3.63) is 111 Å². The van der Waals surface area contributed by atoms with Gasteiger partial charge in [-0.1, -0.05) is 78.3 Å². The van der Waals surface area contributed by atoms with Crippen molar-refractivity contribution in [3.8, 4) is 28.3 Å². The Labute approximate surface area is 175 Å². The van der Waals surface area contributed by atoms with Crippen molar-refractivity contribution in [2.75, 3.05) is 0 Å². The highest BCUT2D eigenvalue weighted by Gasteiger charge is 2.22. The van der Waals surface area contributed by atoms with Crippen LogP contribution < -0.4 is 11.4 Å². The second-order valence-corrected chi connectivity index (χ2v) is 7.06. The fourth-order valence-corrected chi connectivity index (χ4v) is 3.61. The van der Waals surface area contributed by atoms with Gasteiger partial charge in [0.15, 0.2) is 5.76 Å². The molecule has 6 nitrogen and oxygen atoms in total. The summed E-state index contributed by atoms with van der Waals surface area (Å²) in [6.07, 6.45) is 0. The average molecular weight is 416 g/mol. The predicted octanol–water partition coefficient (Wildman–Crippen LogP) is 4.43. The maximum atomic E-state index is 13.5. The van der Waals surface area contributed by atoms with Crippen LogP contribution >= 0.6 is 11.6 Å². The minimum absolute atomic E-state index is 0.0685. The molecule has 0 unspecified atom stereocenters. The molecule has 0 spiro atoms. The van der Waals surface area contributed by atoms with Crippen molar-refractivity contribution in [1.29, 1.82) is 0 Å². The molecule has 5 aromatic rings. The lowest BCUT2D eigenvalue weighted by molar-refractivity contribution is 0.592. The quantitative estimate of drug-likeness (QED) is 0.437. The van der Waals surface area contributed by atoms with Crippen LogP contribution in [0.1, 0.15) is 0 Å². The zero-order chi connectivity index (χ0) is 20.7. The molecule has 0 aliphatic heterocycles. The van der Waals surface area contributed by atoms with E-state index in [9.17, 15) is 9.59 Å². The van der Waals surface area contributed by atoms with Gasteiger partial charge in [0.1, 0.15) is 5.69 Å². The summed E-state index contributed by atoms with van der Waals surface area (Å²) in [6, 6.07) is 25.3. The normalized spacial score (nSPS) is 11.1. The first-order valence-electron chi connectivity index (χ1n) is 9.19. The van der Waals surface area contributed by atoms with Crippen LogP contribution in [0.2, 0.25) is 5.02 Å². The van der Waals surface area contributed by atoms with Gasteiger partial charge in [0.25, 0.3) is 0 Å². The van der Waals surface area contributed by atoms with Gasteiger partial charge < -0.3 is 4.42 Å². The van der Waals surface area contributed by atoms with Crippen LogP contribution in [0.15, 0.2) is 98.9 Å². The number of hydrogen-bond donors (Lipinski definition) is 0. The van der Waals surface area contributed by atoms with Gasteiger partial charge in [-0.3, -0.25) is 0 Å². The van der Waals surface area contributed by atoms with Crippen LogP contribution in [0.25, 0.3) is 34.1 Å². The number of oxazole rings is 1. The van der Waals surface area contributed by atoms with E-state index in [-0.39, 0.29) is 5.84 Å². The molecule has 0 bridgehead atoms. The van der Waals surface area contributed by atoms with E-state index in [1.807, 2.05) is 60.7 Å². The van der Waals surface area contributed by atoms with Crippen LogP contribution in [0, 0.1) is 0 Å². The molecule has 3 aromatic carbocycles. The Morgan fingerprint density at radius 3 is 2.13 bits per heavy atom. The molecule has 0 N–H and O–H groups in total. The van der Waals surface area contributed by atoms with Gasteiger partial charge in [0.2, 0.25) is 0 Å². The Hall–Kier alpha value is -3.90. The van der Waals surface area contributed by atoms with Crippen molar-refractivity contribution in [3.63, 3.8) is 0 Å². The van der Waals surface area contributed by atoms with E-state index in [1.54, 1.807) is 24.3 Å². The first-order chi connectivity index (χ1) is 14.6. The Morgan fingerprint density at radius 1 is 0.800 bits per heavy atom. The Kier molecular flexibility index (Phi) is 4.34. The first-order valence-corrected chi connectivity index (χ1v) is 9.57. The number of aromatic nitrogens is 3. The molecule has 7 heteroatoms. The molecule has 0 amide bonds. The highest BCUT2D eigenvalue weighted by atomic mass is 35.5. The SMILES string of the molecule is O=c1nc2oc(-c3ccccc3)c(-c3ccccc3)n2c(=O)n1-c1cccc(Cl)c1. The third kappa shape index (κ3) is 2.94. The van der Waals surface area contributed by atoms with Gasteiger partial charge in [-0.15, -0.1) is 4.98 Å². The van der Waals surface area contributed by atoms with E-state index in [2.05, 4.69) is 4.98 Å². The number of halogens is 1. The lowest BCUT2D eigenvalue weighted by Gasteiger charge is -2.07. The molecule has 0 aliphatic rings. The molecule has 0 atom stereocenters. The first kappa shape index (κ1) is 18.1.